The van der Waals surface area contributed by atoms with E-state index in [9.17, 15) is 23.2 Å². The number of rotatable bonds is 4. The van der Waals surface area contributed by atoms with Gasteiger partial charge >= 0.3 is 6.18 Å². The number of nitroso groups, excluding NO2 is 1. The van der Waals surface area contributed by atoms with Gasteiger partial charge in [0.05, 0.1) is 11.1 Å². The summed E-state index contributed by atoms with van der Waals surface area (Å²) in [5.41, 5.74) is -2.17. The van der Waals surface area contributed by atoms with E-state index in [2.05, 4.69) is 5.18 Å². The lowest BCUT2D eigenvalue weighted by atomic mass is 10.0. The van der Waals surface area contributed by atoms with E-state index in [1.54, 1.807) is 10.4 Å². The average Bonchev–Trinajstić information content (AvgIpc) is 2.79. The van der Waals surface area contributed by atoms with Crippen LogP contribution >= 0.6 is 11.9 Å². The molecule has 5 nitrogen and oxygen atoms in total. The van der Waals surface area contributed by atoms with Crippen LogP contribution < -0.4 is 0 Å². The molecule has 0 aliphatic carbocycles. The Morgan fingerprint density at radius 3 is 2.82 bits per heavy atom. The van der Waals surface area contributed by atoms with Gasteiger partial charge in [0, 0.05) is 18.0 Å². The van der Waals surface area contributed by atoms with Crippen molar-refractivity contribution >= 4 is 11.9 Å². The van der Waals surface area contributed by atoms with Gasteiger partial charge < -0.3 is 5.11 Å². The highest BCUT2D eigenvalue weighted by Crippen LogP contribution is 2.36. The molecule has 2 rings (SSSR count). The SMILES string of the molecule is N#Cc1cc(C(F)(F)F)ccc1SN1CCC(O)(CN=O)C1. The van der Waals surface area contributed by atoms with E-state index in [0.29, 0.717) is 17.9 Å². The molecule has 1 fully saturated rings. The summed E-state index contributed by atoms with van der Waals surface area (Å²) in [6.45, 7) is 0.375. The third-order valence-electron chi connectivity index (χ3n) is 3.31. The summed E-state index contributed by atoms with van der Waals surface area (Å²) in [7, 11) is 0. The second-order valence-electron chi connectivity index (χ2n) is 5.04. The highest BCUT2D eigenvalue weighted by atomic mass is 32.2. The maximum Gasteiger partial charge on any atom is 0.416 e. The van der Waals surface area contributed by atoms with Crippen LogP contribution in [0.25, 0.3) is 0 Å². The van der Waals surface area contributed by atoms with Crippen molar-refractivity contribution in [1.82, 2.24) is 4.31 Å². The van der Waals surface area contributed by atoms with E-state index in [0.717, 1.165) is 24.1 Å². The first-order valence-corrected chi connectivity index (χ1v) is 7.10. The minimum atomic E-state index is -4.50. The normalized spacial score (nSPS) is 22.5. The van der Waals surface area contributed by atoms with Crippen LogP contribution in [0.15, 0.2) is 28.3 Å². The van der Waals surface area contributed by atoms with E-state index >= 15 is 0 Å². The minimum absolute atomic E-state index is 0.0798. The fourth-order valence-electron chi connectivity index (χ4n) is 2.16. The number of halogens is 3. The molecule has 9 heteroatoms. The molecule has 118 valence electrons. The summed E-state index contributed by atoms with van der Waals surface area (Å²) in [5, 5.41) is 21.8. The van der Waals surface area contributed by atoms with Gasteiger partial charge in [-0.2, -0.15) is 23.3 Å². The van der Waals surface area contributed by atoms with E-state index in [1.165, 1.54) is 6.07 Å². The van der Waals surface area contributed by atoms with Crippen molar-refractivity contribution in [2.75, 3.05) is 19.6 Å². The largest absolute Gasteiger partial charge is 0.416 e. The zero-order chi connectivity index (χ0) is 16.4. The number of nitrogens with zero attached hydrogens (tertiary/aromatic N) is 3. The highest BCUT2D eigenvalue weighted by molar-refractivity contribution is 7.97. The molecular formula is C13H12F3N3O2S. The van der Waals surface area contributed by atoms with Crippen LogP contribution in [0.2, 0.25) is 0 Å². The van der Waals surface area contributed by atoms with Crippen LogP contribution in [0.1, 0.15) is 17.5 Å². The first-order chi connectivity index (χ1) is 10.3. The second kappa shape index (κ2) is 6.24. The molecule has 0 bridgehead atoms. The van der Waals surface area contributed by atoms with E-state index in [4.69, 9.17) is 5.26 Å². The van der Waals surface area contributed by atoms with E-state index < -0.39 is 17.3 Å². The van der Waals surface area contributed by atoms with Gasteiger partial charge in [0.2, 0.25) is 0 Å². The molecule has 0 radical (unpaired) electrons. The molecule has 1 saturated heterocycles. The fraction of sp³-hybridized carbons (Fsp3) is 0.462. The fourth-order valence-corrected chi connectivity index (χ4v) is 3.26. The topological polar surface area (TPSA) is 76.7 Å². The van der Waals surface area contributed by atoms with Gasteiger partial charge in [-0.25, -0.2) is 4.31 Å². The quantitative estimate of drug-likeness (QED) is 0.678. The first-order valence-electron chi connectivity index (χ1n) is 6.33. The summed E-state index contributed by atoms with van der Waals surface area (Å²) in [6.07, 6.45) is -4.16. The average molecular weight is 331 g/mol. The molecule has 1 aromatic carbocycles. The zero-order valence-electron chi connectivity index (χ0n) is 11.3. The number of alkyl halides is 3. The molecule has 1 unspecified atom stereocenters. The Labute approximate surface area is 128 Å². The molecule has 1 aliphatic heterocycles. The van der Waals surface area contributed by atoms with Crippen LogP contribution in [-0.4, -0.2) is 34.6 Å². The molecular weight excluding hydrogens is 319 g/mol. The van der Waals surface area contributed by atoms with Crippen molar-refractivity contribution in [3.8, 4) is 6.07 Å². The summed E-state index contributed by atoms with van der Waals surface area (Å²) in [5.74, 6) is 0. The summed E-state index contributed by atoms with van der Waals surface area (Å²) < 4.78 is 39.6. The molecule has 1 aromatic rings. The molecule has 0 aromatic heterocycles. The van der Waals surface area contributed by atoms with Crippen LogP contribution in [0.5, 0.6) is 0 Å². The number of hydrogen-bond donors (Lipinski definition) is 1. The number of benzene rings is 1. The molecule has 0 saturated carbocycles. The summed E-state index contributed by atoms with van der Waals surface area (Å²) >= 11 is 1.09. The standard InChI is InChI=1S/C13H12F3N3O2S/c14-13(15,16)10-1-2-11(9(5-10)6-17)22-19-4-3-12(20,8-19)7-18-21/h1-2,5,20H,3-4,7-8H2. The molecule has 1 N–H and O–H groups in total. The smallest absolute Gasteiger partial charge is 0.386 e. The van der Waals surface area contributed by atoms with Gasteiger partial charge in [-0.15, -0.1) is 0 Å². The molecule has 0 amide bonds. The number of β-amino-alcohol motifs (C(OH)–C–C–N with tert-alkyl or cyclic N) is 1. The molecule has 1 aliphatic rings. The highest BCUT2D eigenvalue weighted by Gasteiger charge is 2.37. The van der Waals surface area contributed by atoms with Gasteiger partial charge in [0.1, 0.15) is 18.2 Å². The second-order valence-corrected chi connectivity index (χ2v) is 6.18. The predicted octanol–water partition coefficient (Wildman–Crippen LogP) is 2.79. The van der Waals surface area contributed by atoms with Crippen molar-refractivity contribution in [3.63, 3.8) is 0 Å². The predicted molar refractivity (Wildman–Crippen MR) is 73.8 cm³/mol. The van der Waals surface area contributed by atoms with E-state index in [-0.39, 0.29) is 18.7 Å². The molecule has 1 atom stereocenters. The molecule has 22 heavy (non-hydrogen) atoms. The Kier molecular flexibility index (Phi) is 4.75. The Morgan fingerprint density at radius 1 is 1.50 bits per heavy atom. The van der Waals surface area contributed by atoms with Crippen molar-refractivity contribution in [1.29, 1.82) is 5.26 Å². The van der Waals surface area contributed by atoms with Crippen LogP contribution in [0.3, 0.4) is 0 Å². The van der Waals surface area contributed by atoms with Gasteiger partial charge in [-0.1, -0.05) is 5.18 Å². The van der Waals surface area contributed by atoms with Crippen LogP contribution in [0.4, 0.5) is 13.2 Å². The van der Waals surface area contributed by atoms with Crippen molar-refractivity contribution in [2.45, 2.75) is 23.1 Å². The number of aliphatic hydroxyl groups is 1. The number of hydrogen-bond acceptors (Lipinski definition) is 6. The maximum atomic E-state index is 12.6. The lowest BCUT2D eigenvalue weighted by Crippen LogP contribution is -2.34. The molecule has 0 spiro atoms. The Hall–Kier alpha value is -1.63. The third kappa shape index (κ3) is 3.76. The monoisotopic (exact) mass is 331 g/mol. The van der Waals surface area contributed by atoms with Gasteiger partial charge in [0.15, 0.2) is 0 Å². The Bertz CT molecular complexity index is 618. The lowest BCUT2D eigenvalue weighted by Gasteiger charge is -2.20. The summed E-state index contributed by atoms with van der Waals surface area (Å²) in [4.78, 5) is 10.7. The molecule has 1 heterocycles. The third-order valence-corrected chi connectivity index (χ3v) is 4.43. The Balaban J connectivity index is 2.14. The van der Waals surface area contributed by atoms with Crippen LogP contribution in [0, 0.1) is 16.2 Å². The Morgan fingerprint density at radius 2 is 2.23 bits per heavy atom. The zero-order valence-corrected chi connectivity index (χ0v) is 12.1. The van der Waals surface area contributed by atoms with Crippen molar-refractivity contribution < 1.29 is 18.3 Å². The summed E-state index contributed by atoms with van der Waals surface area (Å²) in [6, 6.07) is 4.71. The van der Waals surface area contributed by atoms with Gasteiger partial charge in [0.25, 0.3) is 0 Å². The van der Waals surface area contributed by atoms with Gasteiger partial charge in [-0.05, 0) is 36.6 Å². The lowest BCUT2D eigenvalue weighted by molar-refractivity contribution is -0.137. The maximum absolute atomic E-state index is 12.6. The van der Waals surface area contributed by atoms with E-state index in [1.807, 2.05) is 0 Å². The first kappa shape index (κ1) is 16.7. The van der Waals surface area contributed by atoms with Crippen LogP contribution in [-0.2, 0) is 6.18 Å². The van der Waals surface area contributed by atoms with Crippen molar-refractivity contribution in [2.24, 2.45) is 5.18 Å². The van der Waals surface area contributed by atoms with Crippen molar-refractivity contribution in [3.05, 3.63) is 34.2 Å². The van der Waals surface area contributed by atoms with Gasteiger partial charge in [-0.3, -0.25) is 0 Å². The number of nitriles is 1. The minimum Gasteiger partial charge on any atom is -0.386 e.